The fraction of sp³-hybridized carbons (Fsp3) is 0.227. The zero-order valence-corrected chi connectivity index (χ0v) is 17.7. The summed E-state index contributed by atoms with van der Waals surface area (Å²) in [4.78, 5) is 4.05. The largest absolute Gasteiger partial charge is 0.497 e. The average molecular weight is 442 g/mol. The molecule has 0 bridgehead atoms. The van der Waals surface area contributed by atoms with Gasteiger partial charge in [-0.2, -0.15) is 8.78 Å². The van der Waals surface area contributed by atoms with Gasteiger partial charge in [-0.05, 0) is 36.2 Å². The van der Waals surface area contributed by atoms with E-state index in [1.807, 2.05) is 47.0 Å². The quantitative estimate of drug-likeness (QED) is 0.339. The highest BCUT2D eigenvalue weighted by atomic mass is 32.2. The third kappa shape index (κ3) is 4.93. The number of aromatic nitrogens is 5. The first-order chi connectivity index (χ1) is 15.2. The first kappa shape index (κ1) is 21.0. The Bertz CT molecular complexity index is 1110. The zero-order valence-electron chi connectivity index (χ0n) is 16.9. The van der Waals surface area contributed by atoms with Crippen molar-refractivity contribution in [3.05, 3.63) is 78.4 Å². The van der Waals surface area contributed by atoms with Crippen molar-refractivity contribution < 1.29 is 13.5 Å². The maximum absolute atomic E-state index is 13.1. The van der Waals surface area contributed by atoms with Crippen LogP contribution in [0.15, 0.2) is 72.1 Å². The Morgan fingerprint density at radius 2 is 1.81 bits per heavy atom. The van der Waals surface area contributed by atoms with Gasteiger partial charge in [-0.1, -0.05) is 42.1 Å². The molecule has 0 radical (unpaired) electrons. The molecule has 0 atom stereocenters. The van der Waals surface area contributed by atoms with E-state index in [9.17, 15) is 8.78 Å². The molecular weight excluding hydrogens is 420 g/mol. The second-order valence-electron chi connectivity index (χ2n) is 6.74. The van der Waals surface area contributed by atoms with Gasteiger partial charge in [0, 0.05) is 24.5 Å². The molecule has 0 saturated heterocycles. The molecule has 0 unspecified atom stereocenters. The number of imidazole rings is 1. The number of benzene rings is 2. The van der Waals surface area contributed by atoms with Crippen LogP contribution in [0.4, 0.5) is 8.78 Å². The molecule has 0 N–H and O–H groups in total. The van der Waals surface area contributed by atoms with Gasteiger partial charge in [0.15, 0.2) is 11.0 Å². The second-order valence-corrected chi connectivity index (χ2v) is 7.68. The predicted molar refractivity (Wildman–Crippen MR) is 115 cm³/mol. The van der Waals surface area contributed by atoms with Crippen LogP contribution >= 0.6 is 11.8 Å². The first-order valence-corrected chi connectivity index (χ1v) is 10.7. The SMILES string of the molecule is COc1ccc(-c2nnc(SCc3nccn3C(F)F)n2CCc2ccccc2)cc1. The smallest absolute Gasteiger partial charge is 0.319 e. The Labute approximate surface area is 182 Å². The lowest BCUT2D eigenvalue weighted by molar-refractivity contribution is 0.0678. The molecule has 0 aliphatic rings. The Morgan fingerprint density at radius 1 is 1.03 bits per heavy atom. The molecule has 9 heteroatoms. The molecule has 4 rings (SSSR count). The van der Waals surface area contributed by atoms with Crippen LogP contribution in [-0.4, -0.2) is 31.4 Å². The molecular formula is C22H21F2N5OS. The van der Waals surface area contributed by atoms with Gasteiger partial charge in [0.2, 0.25) is 0 Å². The van der Waals surface area contributed by atoms with Gasteiger partial charge in [0.25, 0.3) is 0 Å². The number of alkyl halides is 2. The maximum atomic E-state index is 13.1. The molecule has 6 nitrogen and oxygen atoms in total. The number of thioether (sulfide) groups is 1. The van der Waals surface area contributed by atoms with Crippen LogP contribution in [0.3, 0.4) is 0 Å². The average Bonchev–Trinajstić information content (AvgIpc) is 3.44. The van der Waals surface area contributed by atoms with Crippen LogP contribution in [-0.2, 0) is 18.7 Å². The lowest BCUT2D eigenvalue weighted by Crippen LogP contribution is -2.06. The number of nitrogens with zero attached hydrogens (tertiary/aromatic N) is 5. The van der Waals surface area contributed by atoms with E-state index in [1.54, 1.807) is 7.11 Å². The highest BCUT2D eigenvalue weighted by Gasteiger charge is 2.17. The molecule has 31 heavy (non-hydrogen) atoms. The molecule has 2 aromatic heterocycles. The summed E-state index contributed by atoms with van der Waals surface area (Å²) in [7, 11) is 1.62. The number of halogens is 2. The van der Waals surface area contributed by atoms with Gasteiger partial charge < -0.3 is 9.30 Å². The molecule has 160 valence electrons. The zero-order chi connectivity index (χ0) is 21.6. The number of hydrogen-bond donors (Lipinski definition) is 0. The van der Waals surface area contributed by atoms with E-state index in [0.29, 0.717) is 17.5 Å². The summed E-state index contributed by atoms with van der Waals surface area (Å²) < 4.78 is 34.4. The van der Waals surface area contributed by atoms with Crippen LogP contribution in [0.2, 0.25) is 0 Å². The van der Waals surface area contributed by atoms with Crippen molar-refractivity contribution in [2.45, 2.75) is 30.4 Å². The minimum atomic E-state index is -2.62. The van der Waals surface area contributed by atoms with Crippen LogP contribution in [0.5, 0.6) is 5.75 Å². The minimum absolute atomic E-state index is 0.267. The normalized spacial score (nSPS) is 11.2. The van der Waals surface area contributed by atoms with Gasteiger partial charge >= 0.3 is 6.55 Å². The predicted octanol–water partition coefficient (Wildman–Crippen LogP) is 5.08. The molecule has 2 aromatic carbocycles. The van der Waals surface area contributed by atoms with Crippen molar-refractivity contribution in [3.63, 3.8) is 0 Å². The monoisotopic (exact) mass is 441 g/mol. The molecule has 0 aliphatic carbocycles. The Balaban J connectivity index is 1.60. The van der Waals surface area contributed by atoms with Crippen LogP contribution in [0.1, 0.15) is 17.9 Å². The maximum Gasteiger partial charge on any atom is 0.319 e. The Morgan fingerprint density at radius 3 is 2.52 bits per heavy atom. The lowest BCUT2D eigenvalue weighted by Gasteiger charge is -2.11. The fourth-order valence-electron chi connectivity index (χ4n) is 3.20. The Kier molecular flexibility index (Phi) is 6.61. The van der Waals surface area contributed by atoms with Gasteiger partial charge in [-0.3, -0.25) is 4.57 Å². The van der Waals surface area contributed by atoms with Gasteiger partial charge in [0.05, 0.1) is 12.9 Å². The summed E-state index contributed by atoms with van der Waals surface area (Å²) in [5.74, 6) is 2.04. The van der Waals surface area contributed by atoms with Crippen molar-refractivity contribution >= 4 is 11.8 Å². The molecule has 2 heterocycles. The number of ether oxygens (including phenoxy) is 1. The first-order valence-electron chi connectivity index (χ1n) is 9.70. The molecule has 0 saturated carbocycles. The summed E-state index contributed by atoms with van der Waals surface area (Å²) in [6, 6.07) is 17.7. The number of hydrogen-bond acceptors (Lipinski definition) is 5. The topological polar surface area (TPSA) is 57.8 Å². The van der Waals surface area contributed by atoms with E-state index in [0.717, 1.165) is 28.1 Å². The highest BCUT2D eigenvalue weighted by Crippen LogP contribution is 2.28. The molecule has 0 amide bonds. The standard InChI is InChI=1S/C22H21F2N5OS/c1-30-18-9-7-17(8-10-18)20-26-27-22(29(20)13-11-16-5-3-2-4-6-16)31-15-19-25-12-14-28(19)21(23)24/h2-10,12,14,21H,11,13,15H2,1H3. The van der Waals surface area contributed by atoms with Crippen molar-refractivity contribution in [2.24, 2.45) is 0 Å². The van der Waals surface area contributed by atoms with Crippen LogP contribution < -0.4 is 4.74 Å². The summed E-state index contributed by atoms with van der Waals surface area (Å²) in [6.45, 7) is -1.96. The van der Waals surface area contributed by atoms with Crippen molar-refractivity contribution in [3.8, 4) is 17.1 Å². The van der Waals surface area contributed by atoms with E-state index in [2.05, 4.69) is 27.3 Å². The van der Waals surface area contributed by atoms with E-state index >= 15 is 0 Å². The van der Waals surface area contributed by atoms with E-state index < -0.39 is 6.55 Å². The van der Waals surface area contributed by atoms with E-state index in [-0.39, 0.29) is 5.75 Å². The summed E-state index contributed by atoms with van der Waals surface area (Å²) in [5, 5.41) is 9.39. The summed E-state index contributed by atoms with van der Waals surface area (Å²) >= 11 is 1.34. The lowest BCUT2D eigenvalue weighted by atomic mass is 10.1. The number of rotatable bonds is 9. The van der Waals surface area contributed by atoms with Gasteiger partial charge in [-0.25, -0.2) is 4.98 Å². The van der Waals surface area contributed by atoms with Crippen LogP contribution in [0, 0.1) is 0 Å². The third-order valence-electron chi connectivity index (χ3n) is 4.82. The molecule has 0 aliphatic heterocycles. The number of methoxy groups -OCH3 is 1. The number of aryl methyl sites for hydroxylation is 1. The van der Waals surface area contributed by atoms with Crippen molar-refractivity contribution in [1.29, 1.82) is 0 Å². The van der Waals surface area contributed by atoms with Crippen LogP contribution in [0.25, 0.3) is 11.4 Å². The second kappa shape index (κ2) is 9.74. The van der Waals surface area contributed by atoms with Gasteiger partial charge in [-0.15, -0.1) is 10.2 Å². The molecule has 0 spiro atoms. The fourth-order valence-corrected chi connectivity index (χ4v) is 4.11. The summed E-state index contributed by atoms with van der Waals surface area (Å²) in [5.41, 5.74) is 2.10. The highest BCUT2D eigenvalue weighted by molar-refractivity contribution is 7.98. The van der Waals surface area contributed by atoms with E-state index in [4.69, 9.17) is 4.74 Å². The van der Waals surface area contributed by atoms with E-state index in [1.165, 1.54) is 29.7 Å². The van der Waals surface area contributed by atoms with Gasteiger partial charge in [0.1, 0.15) is 11.6 Å². The van der Waals surface area contributed by atoms with Crippen molar-refractivity contribution in [2.75, 3.05) is 7.11 Å². The molecule has 0 fully saturated rings. The molecule has 4 aromatic rings. The third-order valence-corrected chi connectivity index (χ3v) is 5.78. The Hall–Kier alpha value is -3.20. The summed E-state index contributed by atoms with van der Waals surface area (Å²) in [6.07, 6.45) is 3.45. The van der Waals surface area contributed by atoms with Crippen molar-refractivity contribution in [1.82, 2.24) is 24.3 Å². The minimum Gasteiger partial charge on any atom is -0.497 e.